The maximum atomic E-state index is 11.9. The van der Waals surface area contributed by atoms with Crippen LogP contribution in [0, 0.1) is 0 Å². The van der Waals surface area contributed by atoms with Gasteiger partial charge >= 0.3 is 5.97 Å². The van der Waals surface area contributed by atoms with Crippen molar-refractivity contribution >= 4 is 29.2 Å². The molecule has 5 heteroatoms. The number of esters is 1. The predicted molar refractivity (Wildman–Crippen MR) is 75.6 cm³/mol. The van der Waals surface area contributed by atoms with E-state index in [0.29, 0.717) is 27.9 Å². The number of pyridine rings is 1. The monoisotopic (exact) mass is 295 g/mol. The summed E-state index contributed by atoms with van der Waals surface area (Å²) in [7, 11) is 0. The first-order valence-electron chi connectivity index (χ1n) is 5.71. The molecule has 0 bridgehead atoms. The number of nitrogens with zero attached hydrogens (tertiary/aromatic N) is 1. The molecule has 19 heavy (non-hydrogen) atoms. The molecule has 0 N–H and O–H groups in total. The molecular weight excluding hydrogens is 285 g/mol. The standard InChI is InChI=1S/C14H11Cl2NO2/c1-2-19-14(18)10-4-3-7-17-13(10)9-5-6-11(15)12(16)8-9/h3-8H,2H2,1H3. The minimum Gasteiger partial charge on any atom is -0.462 e. The van der Waals surface area contributed by atoms with Crippen LogP contribution in [0.25, 0.3) is 11.3 Å². The van der Waals surface area contributed by atoms with Gasteiger partial charge in [0, 0.05) is 11.8 Å². The molecule has 0 saturated heterocycles. The number of benzene rings is 1. The van der Waals surface area contributed by atoms with E-state index in [1.54, 1.807) is 43.5 Å². The van der Waals surface area contributed by atoms with Gasteiger partial charge in [-0.25, -0.2) is 4.79 Å². The Morgan fingerprint density at radius 1 is 1.26 bits per heavy atom. The molecule has 1 aromatic heterocycles. The van der Waals surface area contributed by atoms with Crippen LogP contribution in [0.5, 0.6) is 0 Å². The number of ether oxygens (including phenoxy) is 1. The molecule has 0 aliphatic heterocycles. The third-order valence-electron chi connectivity index (χ3n) is 2.50. The zero-order valence-corrected chi connectivity index (χ0v) is 11.7. The van der Waals surface area contributed by atoms with Crippen molar-refractivity contribution in [2.24, 2.45) is 0 Å². The third kappa shape index (κ3) is 3.06. The molecule has 0 unspecified atom stereocenters. The Morgan fingerprint density at radius 3 is 2.74 bits per heavy atom. The van der Waals surface area contributed by atoms with Crippen LogP contribution in [0.2, 0.25) is 10.0 Å². The molecule has 98 valence electrons. The third-order valence-corrected chi connectivity index (χ3v) is 3.24. The van der Waals surface area contributed by atoms with E-state index in [9.17, 15) is 4.79 Å². The van der Waals surface area contributed by atoms with Crippen molar-refractivity contribution < 1.29 is 9.53 Å². The maximum Gasteiger partial charge on any atom is 0.340 e. The highest BCUT2D eigenvalue weighted by molar-refractivity contribution is 6.42. The van der Waals surface area contributed by atoms with Crippen LogP contribution in [0.15, 0.2) is 36.5 Å². The molecule has 2 aromatic rings. The summed E-state index contributed by atoms with van der Waals surface area (Å²) in [5.74, 6) is -0.406. The Hall–Kier alpha value is -1.58. The average molecular weight is 296 g/mol. The number of rotatable bonds is 3. The van der Waals surface area contributed by atoms with Gasteiger partial charge in [0.1, 0.15) is 0 Å². The van der Waals surface area contributed by atoms with Gasteiger partial charge < -0.3 is 4.74 Å². The number of carbonyl (C=O) groups is 1. The molecule has 2 rings (SSSR count). The van der Waals surface area contributed by atoms with Gasteiger partial charge in [0.15, 0.2) is 0 Å². The van der Waals surface area contributed by atoms with Gasteiger partial charge in [-0.3, -0.25) is 4.98 Å². The lowest BCUT2D eigenvalue weighted by Crippen LogP contribution is -2.07. The normalized spacial score (nSPS) is 10.3. The smallest absolute Gasteiger partial charge is 0.340 e. The molecule has 0 spiro atoms. The number of aromatic nitrogens is 1. The Labute approximate surface area is 121 Å². The fourth-order valence-electron chi connectivity index (χ4n) is 1.65. The fraction of sp³-hybridized carbons (Fsp3) is 0.143. The molecule has 3 nitrogen and oxygen atoms in total. The molecule has 0 radical (unpaired) electrons. The van der Waals surface area contributed by atoms with Crippen LogP contribution in [-0.2, 0) is 4.74 Å². The van der Waals surface area contributed by atoms with E-state index in [1.807, 2.05) is 0 Å². The molecular formula is C14H11Cl2NO2. The van der Waals surface area contributed by atoms with Crippen molar-refractivity contribution in [3.8, 4) is 11.3 Å². The lowest BCUT2D eigenvalue weighted by Gasteiger charge is -2.08. The van der Waals surface area contributed by atoms with Gasteiger partial charge in [-0.1, -0.05) is 29.3 Å². The quantitative estimate of drug-likeness (QED) is 0.796. The van der Waals surface area contributed by atoms with Crippen LogP contribution in [-0.4, -0.2) is 17.6 Å². The number of carbonyl (C=O) groups excluding carboxylic acids is 1. The summed E-state index contributed by atoms with van der Waals surface area (Å²) in [6.07, 6.45) is 1.61. The van der Waals surface area contributed by atoms with Crippen molar-refractivity contribution in [2.75, 3.05) is 6.61 Å². The van der Waals surface area contributed by atoms with Crippen molar-refractivity contribution in [1.29, 1.82) is 0 Å². The SMILES string of the molecule is CCOC(=O)c1cccnc1-c1ccc(Cl)c(Cl)c1. The Morgan fingerprint density at radius 2 is 2.05 bits per heavy atom. The van der Waals surface area contributed by atoms with Gasteiger partial charge in [-0.15, -0.1) is 0 Å². The van der Waals surface area contributed by atoms with E-state index < -0.39 is 5.97 Å². The molecule has 0 aliphatic rings. The minimum atomic E-state index is -0.406. The van der Waals surface area contributed by atoms with Crippen molar-refractivity contribution in [2.45, 2.75) is 6.92 Å². The van der Waals surface area contributed by atoms with Crippen LogP contribution in [0.3, 0.4) is 0 Å². The summed E-state index contributed by atoms with van der Waals surface area (Å²) in [6.45, 7) is 2.07. The van der Waals surface area contributed by atoms with Gasteiger partial charge in [0.25, 0.3) is 0 Å². The van der Waals surface area contributed by atoms with E-state index in [1.165, 1.54) is 0 Å². The minimum absolute atomic E-state index is 0.314. The molecule has 0 aliphatic carbocycles. The van der Waals surface area contributed by atoms with Gasteiger partial charge in [0.05, 0.1) is 27.9 Å². The van der Waals surface area contributed by atoms with Crippen LogP contribution in [0.1, 0.15) is 17.3 Å². The summed E-state index contributed by atoms with van der Waals surface area (Å²) in [6, 6.07) is 8.47. The molecule has 0 saturated carbocycles. The second-order valence-corrected chi connectivity index (χ2v) is 4.56. The van der Waals surface area contributed by atoms with Gasteiger partial charge in [-0.2, -0.15) is 0 Å². The predicted octanol–water partition coefficient (Wildman–Crippen LogP) is 4.23. The lowest BCUT2D eigenvalue weighted by molar-refractivity contribution is 0.0527. The van der Waals surface area contributed by atoms with E-state index >= 15 is 0 Å². The Bertz CT molecular complexity index is 614. The van der Waals surface area contributed by atoms with Crippen LogP contribution in [0.4, 0.5) is 0 Å². The Balaban J connectivity index is 2.49. The second kappa shape index (κ2) is 6.04. The molecule has 0 amide bonds. The highest BCUT2D eigenvalue weighted by Gasteiger charge is 2.15. The average Bonchev–Trinajstić information content (AvgIpc) is 2.42. The summed E-state index contributed by atoms with van der Waals surface area (Å²) in [5, 5.41) is 0.874. The topological polar surface area (TPSA) is 39.2 Å². The number of halogens is 2. The Kier molecular flexibility index (Phi) is 4.40. The largest absolute Gasteiger partial charge is 0.462 e. The van der Waals surface area contributed by atoms with Crippen LogP contribution < -0.4 is 0 Å². The molecule has 0 fully saturated rings. The van der Waals surface area contributed by atoms with E-state index in [0.717, 1.165) is 5.56 Å². The molecule has 1 aromatic carbocycles. The maximum absolute atomic E-state index is 11.9. The summed E-state index contributed by atoms with van der Waals surface area (Å²) >= 11 is 11.9. The zero-order valence-electron chi connectivity index (χ0n) is 10.2. The van der Waals surface area contributed by atoms with Crippen molar-refractivity contribution in [3.05, 3.63) is 52.1 Å². The van der Waals surface area contributed by atoms with E-state index in [-0.39, 0.29) is 0 Å². The van der Waals surface area contributed by atoms with E-state index in [2.05, 4.69) is 4.98 Å². The first-order chi connectivity index (χ1) is 9.13. The summed E-state index contributed by atoms with van der Waals surface area (Å²) < 4.78 is 5.01. The van der Waals surface area contributed by atoms with Gasteiger partial charge in [0.2, 0.25) is 0 Å². The molecule has 0 atom stereocenters. The molecule has 1 heterocycles. The number of hydrogen-bond donors (Lipinski definition) is 0. The fourth-order valence-corrected chi connectivity index (χ4v) is 1.95. The first-order valence-corrected chi connectivity index (χ1v) is 6.46. The van der Waals surface area contributed by atoms with Crippen LogP contribution >= 0.6 is 23.2 Å². The second-order valence-electron chi connectivity index (χ2n) is 3.75. The van der Waals surface area contributed by atoms with Crippen molar-refractivity contribution in [1.82, 2.24) is 4.98 Å². The van der Waals surface area contributed by atoms with Crippen molar-refractivity contribution in [3.63, 3.8) is 0 Å². The zero-order chi connectivity index (χ0) is 13.8. The first kappa shape index (κ1) is 13.8. The lowest BCUT2D eigenvalue weighted by atomic mass is 10.1. The van der Waals surface area contributed by atoms with Gasteiger partial charge in [-0.05, 0) is 31.2 Å². The number of hydrogen-bond acceptors (Lipinski definition) is 3. The summed E-state index contributed by atoms with van der Waals surface area (Å²) in [5.41, 5.74) is 1.65. The highest BCUT2D eigenvalue weighted by Crippen LogP contribution is 2.29. The highest BCUT2D eigenvalue weighted by atomic mass is 35.5. The summed E-state index contributed by atoms with van der Waals surface area (Å²) in [4.78, 5) is 16.1. The van der Waals surface area contributed by atoms with E-state index in [4.69, 9.17) is 27.9 Å².